The maximum atomic E-state index is 12.8. The van der Waals surface area contributed by atoms with Crippen LogP contribution >= 0.6 is 11.6 Å². The van der Waals surface area contributed by atoms with Crippen molar-refractivity contribution in [3.8, 4) is 5.82 Å². The average Bonchev–Trinajstić information content (AvgIpc) is 2.98. The first-order valence-electron chi connectivity index (χ1n) is 8.78. The number of carbonyl (C=O) groups excluding carboxylic acids is 1. The fourth-order valence-electron chi connectivity index (χ4n) is 3.38. The molecule has 1 aliphatic rings. The Morgan fingerprint density at radius 3 is 2.65 bits per heavy atom. The largest absolute Gasteiger partial charge is 0.339 e. The molecule has 0 spiro atoms. The van der Waals surface area contributed by atoms with Crippen molar-refractivity contribution in [2.45, 2.75) is 26.7 Å². The SMILES string of the molecule is Cc1nccnc1-n1cc(Cl)c2cc(C(=O)N3CCC(C)CC3)cnc21. The van der Waals surface area contributed by atoms with Gasteiger partial charge in [0.1, 0.15) is 5.65 Å². The molecular weight excluding hydrogens is 350 g/mol. The summed E-state index contributed by atoms with van der Waals surface area (Å²) in [5.41, 5.74) is 2.02. The molecule has 0 N–H and O–H groups in total. The second-order valence-electron chi connectivity index (χ2n) is 6.88. The molecule has 3 aromatic rings. The Labute approximate surface area is 156 Å². The van der Waals surface area contributed by atoms with Crippen molar-refractivity contribution >= 4 is 28.5 Å². The van der Waals surface area contributed by atoms with E-state index in [0.29, 0.717) is 28.0 Å². The third kappa shape index (κ3) is 2.94. The first kappa shape index (κ1) is 17.0. The number of fused-ring (bicyclic) bond motifs is 1. The number of halogens is 1. The van der Waals surface area contributed by atoms with E-state index in [4.69, 9.17) is 11.6 Å². The van der Waals surface area contributed by atoms with Gasteiger partial charge in [0.05, 0.1) is 16.3 Å². The van der Waals surface area contributed by atoms with Crippen LogP contribution in [0.3, 0.4) is 0 Å². The number of aromatic nitrogens is 4. The van der Waals surface area contributed by atoms with Gasteiger partial charge in [0, 0.05) is 43.3 Å². The number of piperidine rings is 1. The molecule has 7 heteroatoms. The number of hydrogen-bond donors (Lipinski definition) is 0. The zero-order chi connectivity index (χ0) is 18.3. The third-order valence-electron chi connectivity index (χ3n) is 5.00. The lowest BCUT2D eigenvalue weighted by Gasteiger charge is -2.30. The maximum absolute atomic E-state index is 12.8. The summed E-state index contributed by atoms with van der Waals surface area (Å²) in [6.45, 7) is 5.71. The van der Waals surface area contributed by atoms with Crippen LogP contribution in [-0.4, -0.2) is 43.4 Å². The number of rotatable bonds is 2. The average molecular weight is 370 g/mol. The number of likely N-dealkylation sites (tertiary alicyclic amines) is 1. The van der Waals surface area contributed by atoms with Gasteiger partial charge in [-0.05, 0) is 31.7 Å². The Bertz CT molecular complexity index is 975. The summed E-state index contributed by atoms with van der Waals surface area (Å²) < 4.78 is 1.82. The number of nitrogens with zero attached hydrogens (tertiary/aromatic N) is 5. The molecular formula is C19H20ClN5O. The van der Waals surface area contributed by atoms with Crippen molar-refractivity contribution in [1.29, 1.82) is 0 Å². The lowest BCUT2D eigenvalue weighted by atomic mass is 9.99. The minimum absolute atomic E-state index is 0.0193. The van der Waals surface area contributed by atoms with Crippen molar-refractivity contribution in [1.82, 2.24) is 24.4 Å². The minimum atomic E-state index is 0.0193. The molecule has 6 nitrogen and oxygen atoms in total. The van der Waals surface area contributed by atoms with Gasteiger partial charge in [-0.2, -0.15) is 0 Å². The predicted octanol–water partition coefficient (Wildman–Crippen LogP) is 3.65. The van der Waals surface area contributed by atoms with E-state index in [9.17, 15) is 4.79 Å². The summed E-state index contributed by atoms with van der Waals surface area (Å²) in [5.74, 6) is 1.38. The highest BCUT2D eigenvalue weighted by Gasteiger charge is 2.23. The molecule has 0 unspecified atom stereocenters. The number of amides is 1. The van der Waals surface area contributed by atoms with Gasteiger partial charge in [0.2, 0.25) is 0 Å². The van der Waals surface area contributed by atoms with Gasteiger partial charge in [-0.3, -0.25) is 14.3 Å². The first-order valence-corrected chi connectivity index (χ1v) is 9.16. The van der Waals surface area contributed by atoms with Crippen LogP contribution in [0.5, 0.6) is 0 Å². The minimum Gasteiger partial charge on any atom is -0.339 e. The van der Waals surface area contributed by atoms with Crippen molar-refractivity contribution in [3.05, 3.63) is 47.1 Å². The molecule has 1 aliphatic heterocycles. The van der Waals surface area contributed by atoms with Gasteiger partial charge in [-0.25, -0.2) is 9.97 Å². The highest BCUT2D eigenvalue weighted by atomic mass is 35.5. The summed E-state index contributed by atoms with van der Waals surface area (Å²) >= 11 is 6.43. The molecule has 0 atom stereocenters. The topological polar surface area (TPSA) is 63.9 Å². The fraction of sp³-hybridized carbons (Fsp3) is 0.368. The molecule has 3 aromatic heterocycles. The number of aryl methyl sites for hydroxylation is 1. The lowest BCUT2D eigenvalue weighted by molar-refractivity contribution is 0.0697. The van der Waals surface area contributed by atoms with Crippen molar-refractivity contribution < 1.29 is 4.79 Å². The van der Waals surface area contributed by atoms with Crippen LogP contribution in [0, 0.1) is 12.8 Å². The summed E-state index contributed by atoms with van der Waals surface area (Å²) in [4.78, 5) is 27.9. The quantitative estimate of drug-likeness (QED) is 0.691. The molecule has 0 radical (unpaired) electrons. The van der Waals surface area contributed by atoms with Crippen molar-refractivity contribution in [2.75, 3.05) is 13.1 Å². The second-order valence-corrected chi connectivity index (χ2v) is 7.29. The summed E-state index contributed by atoms with van der Waals surface area (Å²) in [6.07, 6.45) is 8.77. The van der Waals surface area contributed by atoms with E-state index in [0.717, 1.165) is 37.0 Å². The Morgan fingerprint density at radius 1 is 1.19 bits per heavy atom. The van der Waals surface area contributed by atoms with Gasteiger partial charge in [0.25, 0.3) is 5.91 Å². The molecule has 0 saturated carbocycles. The van der Waals surface area contributed by atoms with Gasteiger partial charge in [-0.1, -0.05) is 18.5 Å². The number of hydrogen-bond acceptors (Lipinski definition) is 4. The summed E-state index contributed by atoms with van der Waals surface area (Å²) in [6, 6.07) is 1.83. The van der Waals surface area contributed by atoms with E-state index in [1.807, 2.05) is 22.5 Å². The van der Waals surface area contributed by atoms with E-state index in [1.54, 1.807) is 24.8 Å². The van der Waals surface area contributed by atoms with Gasteiger partial charge >= 0.3 is 0 Å². The van der Waals surface area contributed by atoms with Gasteiger partial charge < -0.3 is 4.90 Å². The van der Waals surface area contributed by atoms with Crippen molar-refractivity contribution in [3.63, 3.8) is 0 Å². The van der Waals surface area contributed by atoms with Crippen LogP contribution in [0.15, 0.2) is 30.9 Å². The molecule has 4 heterocycles. The molecule has 0 bridgehead atoms. The smallest absolute Gasteiger partial charge is 0.255 e. The number of pyridine rings is 1. The Hall–Kier alpha value is -2.47. The summed E-state index contributed by atoms with van der Waals surface area (Å²) in [5, 5.41) is 1.28. The van der Waals surface area contributed by atoms with Crippen LogP contribution in [0.25, 0.3) is 16.9 Å². The highest BCUT2D eigenvalue weighted by molar-refractivity contribution is 6.35. The van der Waals surface area contributed by atoms with E-state index in [1.165, 1.54) is 0 Å². The van der Waals surface area contributed by atoms with Crippen LogP contribution in [0.1, 0.15) is 35.8 Å². The predicted molar refractivity (Wildman–Crippen MR) is 101 cm³/mol. The number of carbonyl (C=O) groups is 1. The summed E-state index contributed by atoms with van der Waals surface area (Å²) in [7, 11) is 0. The van der Waals surface area contributed by atoms with Gasteiger partial charge in [0.15, 0.2) is 5.82 Å². The zero-order valence-electron chi connectivity index (χ0n) is 14.8. The Morgan fingerprint density at radius 2 is 1.92 bits per heavy atom. The molecule has 1 saturated heterocycles. The molecule has 0 aliphatic carbocycles. The van der Waals surface area contributed by atoms with Gasteiger partial charge in [-0.15, -0.1) is 0 Å². The van der Waals surface area contributed by atoms with Crippen molar-refractivity contribution in [2.24, 2.45) is 5.92 Å². The molecule has 1 fully saturated rings. The first-order chi connectivity index (χ1) is 12.5. The monoisotopic (exact) mass is 369 g/mol. The fourth-order valence-corrected chi connectivity index (χ4v) is 3.62. The molecule has 134 valence electrons. The normalized spacial score (nSPS) is 15.6. The van der Waals surface area contributed by atoms with E-state index in [-0.39, 0.29) is 5.91 Å². The third-order valence-corrected chi connectivity index (χ3v) is 5.30. The standard InChI is InChI=1S/C19H20ClN5O/c1-12-3-7-24(8-4-12)19(26)14-9-15-16(20)11-25(18(15)23-10-14)17-13(2)21-5-6-22-17/h5-6,9-12H,3-4,7-8H2,1-2H3. The van der Waals surface area contributed by atoms with Crippen LogP contribution in [0.2, 0.25) is 5.02 Å². The molecule has 0 aromatic carbocycles. The van der Waals surface area contributed by atoms with E-state index >= 15 is 0 Å². The van der Waals surface area contributed by atoms with Crippen LogP contribution in [-0.2, 0) is 0 Å². The maximum Gasteiger partial charge on any atom is 0.255 e. The Kier molecular flexibility index (Phi) is 4.36. The molecule has 26 heavy (non-hydrogen) atoms. The highest BCUT2D eigenvalue weighted by Crippen LogP contribution is 2.28. The van der Waals surface area contributed by atoms with Crippen LogP contribution in [0.4, 0.5) is 0 Å². The van der Waals surface area contributed by atoms with E-state index < -0.39 is 0 Å². The Balaban J connectivity index is 1.72. The molecule has 1 amide bonds. The zero-order valence-corrected chi connectivity index (χ0v) is 15.6. The lowest BCUT2D eigenvalue weighted by Crippen LogP contribution is -2.37. The second kappa shape index (κ2) is 6.68. The van der Waals surface area contributed by atoms with Crippen LogP contribution < -0.4 is 0 Å². The molecule has 4 rings (SSSR count). The van der Waals surface area contributed by atoms with E-state index in [2.05, 4.69) is 21.9 Å².